The molecule has 0 saturated heterocycles. The molecule has 4 rings (SSSR count). The zero-order valence-electron chi connectivity index (χ0n) is 20.2. The van der Waals surface area contributed by atoms with Crippen molar-refractivity contribution < 1.29 is 19.0 Å². The van der Waals surface area contributed by atoms with Crippen LogP contribution in [0.2, 0.25) is 0 Å². The Balaban J connectivity index is 1.34. The van der Waals surface area contributed by atoms with Crippen molar-refractivity contribution >= 4 is 10.8 Å². The molecule has 1 fully saturated rings. The third-order valence-electron chi connectivity index (χ3n) is 7.85. The minimum Gasteiger partial charge on any atom is -0.396 e. The molecular formula is C30H36F2O2. The molecule has 2 N–H and O–H groups in total. The van der Waals surface area contributed by atoms with E-state index in [0.717, 1.165) is 37.5 Å². The van der Waals surface area contributed by atoms with E-state index >= 15 is 4.39 Å². The summed E-state index contributed by atoms with van der Waals surface area (Å²) in [7, 11) is 0. The van der Waals surface area contributed by atoms with Crippen LogP contribution in [-0.2, 0) is 6.42 Å². The second-order valence-electron chi connectivity index (χ2n) is 10.8. The molecule has 1 saturated carbocycles. The van der Waals surface area contributed by atoms with Gasteiger partial charge in [-0.25, -0.2) is 8.78 Å². The Labute approximate surface area is 201 Å². The fourth-order valence-electron chi connectivity index (χ4n) is 5.22. The average Bonchev–Trinajstić information content (AvgIpc) is 2.84. The number of aryl methyl sites for hydroxylation is 1. The molecule has 1 unspecified atom stereocenters. The number of rotatable bonds is 8. The molecule has 1 aliphatic rings. The summed E-state index contributed by atoms with van der Waals surface area (Å²) >= 11 is 0. The van der Waals surface area contributed by atoms with Gasteiger partial charge in [0.05, 0.1) is 12.7 Å². The minimum absolute atomic E-state index is 0.00667. The predicted octanol–water partition coefficient (Wildman–Crippen LogP) is 7.29. The van der Waals surface area contributed by atoms with Crippen molar-refractivity contribution in [3.8, 4) is 11.1 Å². The van der Waals surface area contributed by atoms with Crippen molar-refractivity contribution in [3.05, 3.63) is 71.8 Å². The SMILES string of the molecule is CC(C)(CO)C(O)C[C@H]1CC[C@H](CCc2ccc3c(F)c(-c4ccc(F)cc4)ccc3c2)CC1. The van der Waals surface area contributed by atoms with Crippen LogP contribution in [0.3, 0.4) is 0 Å². The van der Waals surface area contributed by atoms with E-state index < -0.39 is 11.5 Å². The van der Waals surface area contributed by atoms with Crippen molar-refractivity contribution in [2.75, 3.05) is 6.61 Å². The molecule has 0 spiro atoms. The van der Waals surface area contributed by atoms with Gasteiger partial charge in [-0.1, -0.05) is 82.0 Å². The van der Waals surface area contributed by atoms with Gasteiger partial charge in [0.2, 0.25) is 0 Å². The highest BCUT2D eigenvalue weighted by Crippen LogP contribution is 2.37. The zero-order chi connectivity index (χ0) is 24.3. The van der Waals surface area contributed by atoms with Crippen molar-refractivity contribution in [2.24, 2.45) is 17.3 Å². The third kappa shape index (κ3) is 5.67. The summed E-state index contributed by atoms with van der Waals surface area (Å²) in [6.07, 6.45) is 7.06. The number of benzene rings is 3. The Morgan fingerprint density at radius 3 is 2.26 bits per heavy atom. The van der Waals surface area contributed by atoms with E-state index in [1.807, 2.05) is 32.0 Å². The Morgan fingerprint density at radius 1 is 0.912 bits per heavy atom. The van der Waals surface area contributed by atoms with E-state index in [9.17, 15) is 14.6 Å². The molecule has 0 aliphatic heterocycles. The van der Waals surface area contributed by atoms with Crippen LogP contribution in [-0.4, -0.2) is 22.9 Å². The van der Waals surface area contributed by atoms with Gasteiger partial charge < -0.3 is 10.2 Å². The molecule has 3 aromatic rings. The maximum absolute atomic E-state index is 15.2. The molecule has 0 amide bonds. The first kappa shape index (κ1) is 24.8. The summed E-state index contributed by atoms with van der Waals surface area (Å²) < 4.78 is 28.4. The number of hydrogen-bond acceptors (Lipinski definition) is 2. The largest absolute Gasteiger partial charge is 0.396 e. The lowest BCUT2D eigenvalue weighted by Gasteiger charge is -2.34. The molecule has 0 radical (unpaired) electrons. The van der Waals surface area contributed by atoms with Crippen LogP contribution in [0.15, 0.2) is 54.6 Å². The number of aliphatic hydroxyl groups excluding tert-OH is 2. The topological polar surface area (TPSA) is 40.5 Å². The fourth-order valence-corrected chi connectivity index (χ4v) is 5.22. The van der Waals surface area contributed by atoms with Gasteiger partial charge >= 0.3 is 0 Å². The van der Waals surface area contributed by atoms with Crippen LogP contribution in [0.1, 0.15) is 57.9 Å². The molecule has 4 heteroatoms. The van der Waals surface area contributed by atoms with Crippen molar-refractivity contribution in [2.45, 2.75) is 64.9 Å². The predicted molar refractivity (Wildman–Crippen MR) is 135 cm³/mol. The fraction of sp³-hybridized carbons (Fsp3) is 0.467. The first-order valence-electron chi connectivity index (χ1n) is 12.5. The average molecular weight is 467 g/mol. The molecule has 182 valence electrons. The van der Waals surface area contributed by atoms with E-state index in [1.165, 1.54) is 30.5 Å². The zero-order valence-corrected chi connectivity index (χ0v) is 20.2. The van der Waals surface area contributed by atoms with Gasteiger partial charge in [-0.3, -0.25) is 0 Å². The lowest BCUT2D eigenvalue weighted by atomic mass is 9.74. The van der Waals surface area contributed by atoms with E-state index in [-0.39, 0.29) is 18.2 Å². The Kier molecular flexibility index (Phi) is 7.69. The highest BCUT2D eigenvalue weighted by Gasteiger charge is 2.31. The van der Waals surface area contributed by atoms with Crippen LogP contribution >= 0.6 is 0 Å². The van der Waals surface area contributed by atoms with Gasteiger partial charge in [0, 0.05) is 16.4 Å². The van der Waals surface area contributed by atoms with Crippen molar-refractivity contribution in [1.29, 1.82) is 0 Å². The van der Waals surface area contributed by atoms with Gasteiger partial charge in [-0.15, -0.1) is 0 Å². The Bertz CT molecular complexity index is 1100. The van der Waals surface area contributed by atoms with Crippen LogP contribution in [0.5, 0.6) is 0 Å². The molecule has 1 aliphatic carbocycles. The summed E-state index contributed by atoms with van der Waals surface area (Å²) in [4.78, 5) is 0. The second kappa shape index (κ2) is 10.5. The first-order chi connectivity index (χ1) is 16.3. The number of hydrogen-bond donors (Lipinski definition) is 2. The smallest absolute Gasteiger partial charge is 0.138 e. The second-order valence-corrected chi connectivity index (χ2v) is 10.8. The lowest BCUT2D eigenvalue weighted by molar-refractivity contribution is -0.0115. The van der Waals surface area contributed by atoms with Crippen LogP contribution in [0.25, 0.3) is 21.9 Å². The van der Waals surface area contributed by atoms with Crippen LogP contribution in [0.4, 0.5) is 8.78 Å². The summed E-state index contributed by atoms with van der Waals surface area (Å²) in [6, 6.07) is 15.6. The van der Waals surface area contributed by atoms with E-state index in [1.54, 1.807) is 18.2 Å². The molecule has 0 heterocycles. The molecule has 0 aromatic heterocycles. The maximum Gasteiger partial charge on any atom is 0.138 e. The van der Waals surface area contributed by atoms with E-state index in [2.05, 4.69) is 6.07 Å². The summed E-state index contributed by atoms with van der Waals surface area (Å²) in [6.45, 7) is 3.84. The van der Waals surface area contributed by atoms with Crippen LogP contribution in [0, 0.1) is 28.9 Å². The summed E-state index contributed by atoms with van der Waals surface area (Å²) in [5.74, 6) is 0.635. The van der Waals surface area contributed by atoms with E-state index in [4.69, 9.17) is 0 Å². The van der Waals surface area contributed by atoms with Gasteiger partial charge in [-0.2, -0.15) is 0 Å². The van der Waals surface area contributed by atoms with Crippen molar-refractivity contribution in [1.82, 2.24) is 0 Å². The number of halogens is 2. The molecule has 1 atom stereocenters. The quantitative estimate of drug-likeness (QED) is 0.366. The maximum atomic E-state index is 15.2. The lowest BCUT2D eigenvalue weighted by Crippen LogP contribution is -2.35. The Hall–Kier alpha value is -2.30. The van der Waals surface area contributed by atoms with Gasteiger partial charge in [0.25, 0.3) is 0 Å². The third-order valence-corrected chi connectivity index (χ3v) is 7.85. The van der Waals surface area contributed by atoms with E-state index in [0.29, 0.717) is 28.3 Å². The highest BCUT2D eigenvalue weighted by molar-refractivity contribution is 5.88. The monoisotopic (exact) mass is 466 g/mol. The highest BCUT2D eigenvalue weighted by atomic mass is 19.1. The molecule has 2 nitrogen and oxygen atoms in total. The van der Waals surface area contributed by atoms with Gasteiger partial charge in [-0.05, 0) is 59.7 Å². The van der Waals surface area contributed by atoms with Crippen LogP contribution < -0.4 is 0 Å². The summed E-state index contributed by atoms with van der Waals surface area (Å²) in [5, 5.41) is 21.4. The Morgan fingerprint density at radius 2 is 1.59 bits per heavy atom. The minimum atomic E-state index is -0.458. The standard InChI is InChI=1S/C30H36F2O2/c1-30(2,19-33)28(34)18-22-7-4-20(5-8-22)3-6-21-9-15-27-24(17-21)12-16-26(29(27)32)23-10-13-25(31)14-11-23/h9-17,20,22,28,33-34H,3-8,18-19H2,1-2H3/t20-,22-,28?. The molecule has 3 aromatic carbocycles. The van der Waals surface area contributed by atoms with Gasteiger partial charge in [0.1, 0.15) is 11.6 Å². The molecular weight excluding hydrogens is 430 g/mol. The molecule has 0 bridgehead atoms. The first-order valence-corrected chi connectivity index (χ1v) is 12.5. The van der Waals surface area contributed by atoms with Crippen molar-refractivity contribution in [3.63, 3.8) is 0 Å². The summed E-state index contributed by atoms with van der Waals surface area (Å²) in [5.41, 5.74) is 1.95. The number of fused-ring (bicyclic) bond motifs is 1. The molecule has 34 heavy (non-hydrogen) atoms. The normalized spacial score (nSPS) is 19.9. The number of aliphatic hydroxyl groups is 2. The van der Waals surface area contributed by atoms with Gasteiger partial charge in [0.15, 0.2) is 0 Å².